The van der Waals surface area contributed by atoms with E-state index in [1.807, 2.05) is 18.2 Å². The zero-order valence-electron chi connectivity index (χ0n) is 10.9. The van der Waals surface area contributed by atoms with Crippen LogP contribution < -0.4 is 5.32 Å². The summed E-state index contributed by atoms with van der Waals surface area (Å²) in [7, 11) is 0. The third-order valence-electron chi connectivity index (χ3n) is 2.96. The molecule has 0 radical (unpaired) electrons. The molecule has 0 aliphatic heterocycles. The monoisotopic (exact) mass is 290 g/mol. The number of hydrogen-bond donors (Lipinski definition) is 1. The van der Waals surface area contributed by atoms with Crippen molar-refractivity contribution in [1.29, 1.82) is 0 Å². The van der Waals surface area contributed by atoms with Crippen molar-refractivity contribution in [3.05, 3.63) is 69.2 Å². The van der Waals surface area contributed by atoms with Crippen molar-refractivity contribution >= 4 is 23.0 Å². The average Bonchev–Trinajstić information content (AvgIpc) is 2.44. The van der Waals surface area contributed by atoms with E-state index in [1.54, 1.807) is 12.1 Å². The van der Waals surface area contributed by atoms with Crippen molar-refractivity contribution in [2.75, 3.05) is 11.9 Å². The fourth-order valence-corrected chi connectivity index (χ4v) is 2.18. The average molecular weight is 291 g/mol. The summed E-state index contributed by atoms with van der Waals surface area (Å²) in [5.74, 6) is 0. The Balaban J connectivity index is 1.83. The summed E-state index contributed by atoms with van der Waals surface area (Å²) in [6, 6.07) is 14.9. The number of benzene rings is 2. The van der Waals surface area contributed by atoms with E-state index in [4.69, 9.17) is 11.6 Å². The number of nitrogens with zero attached hydrogens (tertiary/aromatic N) is 1. The number of nitro benzene ring substituents is 1. The molecule has 20 heavy (non-hydrogen) atoms. The van der Waals surface area contributed by atoms with Gasteiger partial charge in [0.1, 0.15) is 5.02 Å². The molecule has 104 valence electrons. The third kappa shape index (κ3) is 3.96. The number of anilines is 1. The lowest BCUT2D eigenvalue weighted by Gasteiger charge is -2.07. The molecular weight excluding hydrogens is 276 g/mol. The zero-order chi connectivity index (χ0) is 14.4. The minimum atomic E-state index is -0.485. The molecule has 0 atom stereocenters. The van der Waals surface area contributed by atoms with Crippen LogP contribution >= 0.6 is 11.6 Å². The molecule has 0 amide bonds. The highest BCUT2D eigenvalue weighted by Crippen LogP contribution is 2.27. The first-order valence-corrected chi connectivity index (χ1v) is 6.76. The summed E-state index contributed by atoms with van der Waals surface area (Å²) in [5, 5.41) is 14.0. The van der Waals surface area contributed by atoms with E-state index in [2.05, 4.69) is 17.4 Å². The van der Waals surface area contributed by atoms with Gasteiger partial charge < -0.3 is 5.32 Å². The van der Waals surface area contributed by atoms with Crippen LogP contribution in [0.4, 0.5) is 11.4 Å². The summed E-state index contributed by atoms with van der Waals surface area (Å²) in [6.45, 7) is 0.795. The topological polar surface area (TPSA) is 55.2 Å². The van der Waals surface area contributed by atoms with Crippen LogP contribution in [0.25, 0.3) is 0 Å². The Morgan fingerprint density at radius 3 is 2.55 bits per heavy atom. The summed E-state index contributed by atoms with van der Waals surface area (Å²) in [5.41, 5.74) is 2.03. The molecule has 0 aromatic heterocycles. The second-order valence-corrected chi connectivity index (χ2v) is 4.85. The maximum absolute atomic E-state index is 10.7. The van der Waals surface area contributed by atoms with Gasteiger partial charge in [0.15, 0.2) is 0 Å². The predicted molar refractivity (Wildman–Crippen MR) is 81.4 cm³/mol. The van der Waals surface area contributed by atoms with Crippen LogP contribution in [0.3, 0.4) is 0 Å². The summed E-state index contributed by atoms with van der Waals surface area (Å²) in [6.07, 6.45) is 1.98. The van der Waals surface area contributed by atoms with E-state index >= 15 is 0 Å². The van der Waals surface area contributed by atoms with Crippen molar-refractivity contribution < 1.29 is 4.92 Å². The number of hydrogen-bond acceptors (Lipinski definition) is 3. The molecule has 0 saturated carbocycles. The van der Waals surface area contributed by atoms with Crippen LogP contribution in [-0.2, 0) is 6.42 Å². The van der Waals surface area contributed by atoms with Crippen LogP contribution in [-0.4, -0.2) is 11.5 Å². The van der Waals surface area contributed by atoms with Crippen molar-refractivity contribution in [3.63, 3.8) is 0 Å². The van der Waals surface area contributed by atoms with Gasteiger partial charge in [-0.2, -0.15) is 0 Å². The quantitative estimate of drug-likeness (QED) is 0.490. The first-order chi connectivity index (χ1) is 9.66. The molecule has 0 heterocycles. The Morgan fingerprint density at radius 2 is 1.90 bits per heavy atom. The second kappa shape index (κ2) is 6.91. The second-order valence-electron chi connectivity index (χ2n) is 4.44. The first kappa shape index (κ1) is 14.3. The van der Waals surface area contributed by atoms with Gasteiger partial charge in [0.25, 0.3) is 5.69 Å². The highest BCUT2D eigenvalue weighted by molar-refractivity contribution is 6.32. The Hall–Kier alpha value is -2.07. The molecule has 0 spiro atoms. The fourth-order valence-electron chi connectivity index (χ4n) is 1.93. The SMILES string of the molecule is O=[N+]([O-])c1ccc(NCCCc2ccccc2)cc1Cl. The van der Waals surface area contributed by atoms with E-state index in [-0.39, 0.29) is 10.7 Å². The zero-order valence-corrected chi connectivity index (χ0v) is 11.6. The van der Waals surface area contributed by atoms with Crippen molar-refractivity contribution in [2.45, 2.75) is 12.8 Å². The van der Waals surface area contributed by atoms with E-state index in [1.165, 1.54) is 11.6 Å². The van der Waals surface area contributed by atoms with Crippen LogP contribution in [0.2, 0.25) is 5.02 Å². The van der Waals surface area contributed by atoms with E-state index in [9.17, 15) is 10.1 Å². The molecule has 0 unspecified atom stereocenters. The van der Waals surface area contributed by atoms with Gasteiger partial charge in [0, 0.05) is 18.3 Å². The van der Waals surface area contributed by atoms with Crippen molar-refractivity contribution in [1.82, 2.24) is 0 Å². The Morgan fingerprint density at radius 1 is 1.15 bits per heavy atom. The van der Waals surface area contributed by atoms with Gasteiger partial charge in [-0.3, -0.25) is 10.1 Å². The number of halogens is 1. The summed E-state index contributed by atoms with van der Waals surface area (Å²) in [4.78, 5) is 10.2. The molecule has 0 aliphatic carbocycles. The van der Waals surface area contributed by atoms with E-state index < -0.39 is 4.92 Å². The van der Waals surface area contributed by atoms with Crippen LogP contribution in [0, 0.1) is 10.1 Å². The highest BCUT2D eigenvalue weighted by Gasteiger charge is 2.11. The van der Waals surface area contributed by atoms with Crippen molar-refractivity contribution in [3.8, 4) is 0 Å². The minimum absolute atomic E-state index is 0.0681. The highest BCUT2D eigenvalue weighted by atomic mass is 35.5. The largest absolute Gasteiger partial charge is 0.385 e. The van der Waals surface area contributed by atoms with Gasteiger partial charge in [-0.1, -0.05) is 41.9 Å². The Bertz CT molecular complexity index is 588. The summed E-state index contributed by atoms with van der Waals surface area (Å²) >= 11 is 5.85. The lowest BCUT2D eigenvalue weighted by atomic mass is 10.1. The lowest BCUT2D eigenvalue weighted by Crippen LogP contribution is -2.03. The smallest absolute Gasteiger partial charge is 0.288 e. The van der Waals surface area contributed by atoms with Gasteiger partial charge in [0.2, 0.25) is 0 Å². The molecule has 2 aromatic rings. The van der Waals surface area contributed by atoms with Crippen molar-refractivity contribution in [2.24, 2.45) is 0 Å². The van der Waals surface area contributed by atoms with Gasteiger partial charge in [0.05, 0.1) is 4.92 Å². The molecule has 4 nitrogen and oxygen atoms in total. The normalized spacial score (nSPS) is 10.2. The predicted octanol–water partition coefficient (Wildman–Crippen LogP) is 4.29. The van der Waals surface area contributed by atoms with Crippen LogP contribution in [0.5, 0.6) is 0 Å². The molecule has 0 aliphatic rings. The van der Waals surface area contributed by atoms with Gasteiger partial charge >= 0.3 is 0 Å². The van der Waals surface area contributed by atoms with Gasteiger partial charge in [-0.25, -0.2) is 0 Å². The van der Waals surface area contributed by atoms with Gasteiger partial charge in [-0.15, -0.1) is 0 Å². The molecule has 2 aromatic carbocycles. The number of nitro groups is 1. The molecule has 0 saturated heterocycles. The Labute approximate surface area is 122 Å². The summed E-state index contributed by atoms with van der Waals surface area (Å²) < 4.78 is 0. The van der Waals surface area contributed by atoms with E-state index in [0.29, 0.717) is 0 Å². The first-order valence-electron chi connectivity index (χ1n) is 6.38. The molecule has 2 rings (SSSR count). The third-order valence-corrected chi connectivity index (χ3v) is 3.26. The lowest BCUT2D eigenvalue weighted by molar-refractivity contribution is -0.384. The number of aryl methyl sites for hydroxylation is 1. The van der Waals surface area contributed by atoms with Crippen LogP contribution in [0.15, 0.2) is 48.5 Å². The minimum Gasteiger partial charge on any atom is -0.385 e. The Kier molecular flexibility index (Phi) is 4.96. The maximum Gasteiger partial charge on any atom is 0.288 e. The van der Waals surface area contributed by atoms with E-state index in [0.717, 1.165) is 25.1 Å². The fraction of sp³-hybridized carbons (Fsp3) is 0.200. The number of nitrogens with one attached hydrogen (secondary N) is 1. The maximum atomic E-state index is 10.7. The molecule has 0 bridgehead atoms. The van der Waals surface area contributed by atoms with Crippen LogP contribution in [0.1, 0.15) is 12.0 Å². The molecular formula is C15H15ClN2O2. The number of rotatable bonds is 6. The molecule has 1 N–H and O–H groups in total. The molecule has 5 heteroatoms. The molecule has 0 fully saturated rings. The standard InChI is InChI=1S/C15H15ClN2O2/c16-14-11-13(8-9-15(14)18(19)20)17-10-4-7-12-5-2-1-3-6-12/h1-3,5-6,8-9,11,17H,4,7,10H2. The van der Waals surface area contributed by atoms with Gasteiger partial charge in [-0.05, 0) is 30.5 Å².